The van der Waals surface area contributed by atoms with Gasteiger partial charge in [0.15, 0.2) is 5.69 Å². The summed E-state index contributed by atoms with van der Waals surface area (Å²) >= 11 is 0. The minimum Gasteiger partial charge on any atom is -0.366 e. The first-order valence-electron chi connectivity index (χ1n) is 10.1. The number of anilines is 2. The molecule has 0 bridgehead atoms. The van der Waals surface area contributed by atoms with E-state index in [0.717, 1.165) is 5.56 Å². The highest BCUT2D eigenvalue weighted by molar-refractivity contribution is 6.11. The average molecular weight is 447 g/mol. The summed E-state index contributed by atoms with van der Waals surface area (Å²) in [6.07, 6.45) is 0. The standard InChI is InChI=1S/C23H21N5O5/c1-12-9-19(27-33-12)22(31)25-16-7-8-17-18(10-16)26-21(30)13(2)28(23(17)32)11-14-3-5-15(6-4-14)20(24)29/h3-10,13H,11H2,1-2H3,(H2,24,29)(H,25,31)(H,26,30)/t13-/m1/s1. The Balaban J connectivity index is 1.58. The summed E-state index contributed by atoms with van der Waals surface area (Å²) in [4.78, 5) is 51.1. The van der Waals surface area contributed by atoms with Crippen molar-refractivity contribution < 1.29 is 23.7 Å². The Kier molecular flexibility index (Phi) is 5.65. The Morgan fingerprint density at radius 3 is 2.52 bits per heavy atom. The molecule has 4 rings (SSSR count). The third kappa shape index (κ3) is 4.45. The maximum Gasteiger partial charge on any atom is 0.277 e. The van der Waals surface area contributed by atoms with E-state index in [0.29, 0.717) is 17.0 Å². The second kappa shape index (κ2) is 8.58. The molecule has 1 aliphatic rings. The van der Waals surface area contributed by atoms with Crippen molar-refractivity contribution in [2.45, 2.75) is 26.4 Å². The van der Waals surface area contributed by atoms with E-state index in [1.165, 1.54) is 17.0 Å². The Hall–Kier alpha value is -4.47. The summed E-state index contributed by atoms with van der Waals surface area (Å²) in [7, 11) is 0. The monoisotopic (exact) mass is 447 g/mol. The van der Waals surface area contributed by atoms with Gasteiger partial charge in [0.05, 0.1) is 11.3 Å². The molecule has 4 N–H and O–H groups in total. The number of benzene rings is 2. The van der Waals surface area contributed by atoms with Crippen LogP contribution in [0.15, 0.2) is 53.1 Å². The summed E-state index contributed by atoms with van der Waals surface area (Å²) in [5.74, 6) is -1.24. The van der Waals surface area contributed by atoms with Gasteiger partial charge >= 0.3 is 0 Å². The Bertz CT molecular complexity index is 1260. The second-order valence-electron chi connectivity index (χ2n) is 7.70. The number of hydrogen-bond acceptors (Lipinski definition) is 6. The van der Waals surface area contributed by atoms with Crippen molar-refractivity contribution in [1.29, 1.82) is 0 Å². The van der Waals surface area contributed by atoms with E-state index >= 15 is 0 Å². The van der Waals surface area contributed by atoms with Gasteiger partial charge in [-0.05, 0) is 49.7 Å². The van der Waals surface area contributed by atoms with E-state index in [1.807, 2.05) is 0 Å². The lowest BCUT2D eigenvalue weighted by Crippen LogP contribution is -2.42. The predicted molar refractivity (Wildman–Crippen MR) is 119 cm³/mol. The maximum atomic E-state index is 13.3. The summed E-state index contributed by atoms with van der Waals surface area (Å²) in [5.41, 5.74) is 7.44. The number of amides is 4. The Morgan fingerprint density at radius 1 is 1.15 bits per heavy atom. The fourth-order valence-corrected chi connectivity index (χ4v) is 3.47. The molecule has 0 spiro atoms. The highest BCUT2D eigenvalue weighted by atomic mass is 16.5. The van der Waals surface area contributed by atoms with Crippen LogP contribution in [0.5, 0.6) is 0 Å². The quantitative estimate of drug-likeness (QED) is 0.547. The van der Waals surface area contributed by atoms with Crippen LogP contribution in [0.1, 0.15) is 49.5 Å². The lowest BCUT2D eigenvalue weighted by Gasteiger charge is -2.26. The van der Waals surface area contributed by atoms with Gasteiger partial charge in [0.1, 0.15) is 11.8 Å². The molecule has 4 amide bonds. The van der Waals surface area contributed by atoms with Crippen LogP contribution in [0, 0.1) is 6.92 Å². The van der Waals surface area contributed by atoms with Crippen LogP contribution >= 0.6 is 0 Å². The first kappa shape index (κ1) is 21.8. The first-order valence-corrected chi connectivity index (χ1v) is 10.1. The Morgan fingerprint density at radius 2 is 1.88 bits per heavy atom. The second-order valence-corrected chi connectivity index (χ2v) is 7.70. The van der Waals surface area contributed by atoms with Crippen LogP contribution in [-0.2, 0) is 11.3 Å². The molecule has 1 aromatic heterocycles. The normalized spacial score (nSPS) is 15.5. The molecule has 33 heavy (non-hydrogen) atoms. The molecule has 0 saturated carbocycles. The van der Waals surface area contributed by atoms with E-state index in [-0.39, 0.29) is 35.3 Å². The zero-order chi connectivity index (χ0) is 23.7. The minimum atomic E-state index is -0.753. The third-order valence-electron chi connectivity index (χ3n) is 5.33. The van der Waals surface area contributed by atoms with E-state index in [4.69, 9.17) is 10.3 Å². The van der Waals surface area contributed by atoms with Crippen LogP contribution in [-0.4, -0.2) is 39.7 Å². The van der Waals surface area contributed by atoms with Gasteiger partial charge in [-0.15, -0.1) is 0 Å². The molecule has 1 aliphatic heterocycles. The van der Waals surface area contributed by atoms with Crippen molar-refractivity contribution in [3.05, 3.63) is 76.7 Å². The summed E-state index contributed by atoms with van der Waals surface area (Å²) in [5, 5.41) is 9.09. The van der Waals surface area contributed by atoms with E-state index in [9.17, 15) is 19.2 Å². The van der Waals surface area contributed by atoms with Crippen LogP contribution < -0.4 is 16.4 Å². The molecule has 0 aliphatic carbocycles. The molecule has 2 aromatic carbocycles. The number of aromatic nitrogens is 1. The summed E-state index contributed by atoms with van der Waals surface area (Å²) in [6.45, 7) is 3.47. The fourth-order valence-electron chi connectivity index (χ4n) is 3.47. The third-order valence-corrected chi connectivity index (χ3v) is 5.33. The van der Waals surface area contributed by atoms with E-state index in [2.05, 4.69) is 15.8 Å². The topological polar surface area (TPSA) is 148 Å². The summed E-state index contributed by atoms with van der Waals surface area (Å²) in [6, 6.07) is 11.9. The fraction of sp³-hybridized carbons (Fsp3) is 0.174. The minimum absolute atomic E-state index is 0.115. The highest BCUT2D eigenvalue weighted by Crippen LogP contribution is 2.28. The number of hydrogen-bond donors (Lipinski definition) is 3. The predicted octanol–water partition coefficient (Wildman–Crippen LogP) is 2.32. The van der Waals surface area contributed by atoms with Gasteiger partial charge in [-0.2, -0.15) is 0 Å². The summed E-state index contributed by atoms with van der Waals surface area (Å²) < 4.78 is 4.91. The molecule has 0 fully saturated rings. The molecule has 1 atom stereocenters. The lowest BCUT2D eigenvalue weighted by atomic mass is 10.1. The zero-order valence-electron chi connectivity index (χ0n) is 17.9. The molecule has 0 radical (unpaired) electrons. The van der Waals surface area contributed by atoms with Gasteiger partial charge in [-0.25, -0.2) is 0 Å². The van der Waals surface area contributed by atoms with Crippen molar-refractivity contribution in [2.24, 2.45) is 5.73 Å². The number of nitrogens with zero attached hydrogens (tertiary/aromatic N) is 2. The van der Waals surface area contributed by atoms with E-state index in [1.54, 1.807) is 50.2 Å². The van der Waals surface area contributed by atoms with Gasteiger partial charge < -0.3 is 25.8 Å². The molecular weight excluding hydrogens is 426 g/mol. The van der Waals surface area contributed by atoms with E-state index < -0.39 is 17.9 Å². The largest absolute Gasteiger partial charge is 0.366 e. The van der Waals surface area contributed by atoms with Crippen molar-refractivity contribution in [3.63, 3.8) is 0 Å². The molecule has 10 heteroatoms. The van der Waals surface area contributed by atoms with Crippen molar-refractivity contribution >= 4 is 35.0 Å². The molecule has 0 unspecified atom stereocenters. The van der Waals surface area contributed by atoms with Crippen LogP contribution in [0.3, 0.4) is 0 Å². The van der Waals surface area contributed by atoms with Gasteiger partial charge in [0.25, 0.3) is 11.8 Å². The number of nitrogens with two attached hydrogens (primary N) is 1. The number of aryl methyl sites for hydroxylation is 1. The van der Waals surface area contributed by atoms with Gasteiger partial charge in [0, 0.05) is 23.9 Å². The zero-order valence-corrected chi connectivity index (χ0v) is 17.9. The molecule has 2 heterocycles. The van der Waals surface area contributed by atoms with Crippen molar-refractivity contribution in [1.82, 2.24) is 10.1 Å². The van der Waals surface area contributed by atoms with Gasteiger partial charge in [-0.1, -0.05) is 17.3 Å². The lowest BCUT2D eigenvalue weighted by molar-refractivity contribution is -0.120. The number of rotatable bonds is 5. The van der Waals surface area contributed by atoms with Gasteiger partial charge in [0.2, 0.25) is 11.8 Å². The molecular formula is C23H21N5O5. The first-order chi connectivity index (χ1) is 15.7. The smallest absolute Gasteiger partial charge is 0.277 e. The van der Waals surface area contributed by atoms with Crippen molar-refractivity contribution in [2.75, 3.05) is 10.6 Å². The number of carbonyl (C=O) groups excluding carboxylic acids is 4. The maximum absolute atomic E-state index is 13.3. The van der Waals surface area contributed by atoms with Crippen LogP contribution in [0.25, 0.3) is 0 Å². The van der Waals surface area contributed by atoms with Crippen molar-refractivity contribution in [3.8, 4) is 0 Å². The number of primary amides is 1. The number of nitrogens with one attached hydrogen (secondary N) is 2. The van der Waals surface area contributed by atoms with Crippen LogP contribution in [0.2, 0.25) is 0 Å². The van der Waals surface area contributed by atoms with Crippen LogP contribution in [0.4, 0.5) is 11.4 Å². The SMILES string of the molecule is Cc1cc(C(=O)Nc2ccc3c(c2)NC(=O)[C@@H](C)N(Cc2ccc(C(N)=O)cc2)C3=O)no1. The molecule has 0 saturated heterocycles. The van der Waals surface area contributed by atoms with Gasteiger partial charge in [-0.3, -0.25) is 19.2 Å². The Labute approximate surface area is 188 Å². The highest BCUT2D eigenvalue weighted by Gasteiger charge is 2.32. The molecule has 3 aromatic rings. The average Bonchev–Trinajstić information content (AvgIpc) is 3.20. The molecule has 168 valence electrons. The molecule has 10 nitrogen and oxygen atoms in total. The number of carbonyl (C=O) groups is 4. The number of fused-ring (bicyclic) bond motifs is 1.